The van der Waals surface area contributed by atoms with Crippen LogP contribution in [0.1, 0.15) is 5.56 Å². The van der Waals surface area contributed by atoms with Gasteiger partial charge in [0, 0.05) is 0 Å². The van der Waals surface area contributed by atoms with Crippen molar-refractivity contribution in [3.05, 3.63) is 58.1 Å². The second-order valence-corrected chi connectivity index (χ2v) is 7.77. The summed E-state index contributed by atoms with van der Waals surface area (Å²) in [5.41, 5.74) is 0.775. The Bertz CT molecular complexity index is 955. The molecule has 2 aromatic carbocycles. The lowest BCUT2D eigenvalue weighted by Crippen LogP contribution is -2.37. The van der Waals surface area contributed by atoms with Crippen LogP contribution >= 0.6 is 23.2 Å². The number of halogens is 2. The molecule has 1 N–H and O–H groups in total. The number of carbonyl (C=O) groups excluding carboxylic acids is 1. The van der Waals surface area contributed by atoms with Gasteiger partial charge < -0.3 is 5.32 Å². The number of anilines is 2. The van der Waals surface area contributed by atoms with Crippen LogP contribution in [-0.4, -0.2) is 27.1 Å². The molecular weight excluding hydrogens is 385 g/mol. The lowest BCUT2D eigenvalue weighted by atomic mass is 10.2. The molecule has 0 aromatic heterocycles. The van der Waals surface area contributed by atoms with Gasteiger partial charge in [-0.15, -0.1) is 0 Å². The van der Waals surface area contributed by atoms with Crippen molar-refractivity contribution >= 4 is 50.5 Å². The average molecular weight is 398 g/mol. The number of amides is 1. The van der Waals surface area contributed by atoms with Crippen molar-refractivity contribution in [1.82, 2.24) is 0 Å². The zero-order valence-electron chi connectivity index (χ0n) is 13.0. The van der Waals surface area contributed by atoms with E-state index in [0.29, 0.717) is 0 Å². The smallest absolute Gasteiger partial charge is 0.245 e. The van der Waals surface area contributed by atoms with Crippen LogP contribution in [0, 0.1) is 11.3 Å². The summed E-state index contributed by atoms with van der Waals surface area (Å²) in [6.45, 7) is -0.476. The molecule has 0 aliphatic carbocycles. The van der Waals surface area contributed by atoms with Crippen molar-refractivity contribution in [3.8, 4) is 6.07 Å². The highest BCUT2D eigenvalue weighted by Crippen LogP contribution is 2.29. The van der Waals surface area contributed by atoms with E-state index in [1.54, 1.807) is 18.2 Å². The van der Waals surface area contributed by atoms with Gasteiger partial charge in [0.05, 0.1) is 39.3 Å². The third-order valence-electron chi connectivity index (χ3n) is 3.18. The van der Waals surface area contributed by atoms with Gasteiger partial charge in [-0.2, -0.15) is 5.26 Å². The molecule has 0 fully saturated rings. The molecule has 0 saturated heterocycles. The van der Waals surface area contributed by atoms with Gasteiger partial charge in [-0.05, 0) is 30.3 Å². The first-order chi connectivity index (χ1) is 11.7. The van der Waals surface area contributed by atoms with Crippen LogP contribution in [-0.2, 0) is 14.8 Å². The predicted molar refractivity (Wildman–Crippen MR) is 98.4 cm³/mol. The molecule has 0 bridgehead atoms. The fourth-order valence-electron chi connectivity index (χ4n) is 2.05. The second-order valence-electron chi connectivity index (χ2n) is 5.08. The maximum Gasteiger partial charge on any atom is 0.245 e. The SMILES string of the molecule is CS(=O)(=O)N(CC(=O)Nc1cccc(Cl)c1Cl)c1cccc(C#N)c1. The summed E-state index contributed by atoms with van der Waals surface area (Å²) in [6.07, 6.45) is 0.978. The van der Waals surface area contributed by atoms with Gasteiger partial charge in [0.15, 0.2) is 0 Å². The van der Waals surface area contributed by atoms with Crippen LogP contribution in [0.3, 0.4) is 0 Å². The van der Waals surface area contributed by atoms with Crippen molar-refractivity contribution < 1.29 is 13.2 Å². The maximum atomic E-state index is 12.3. The van der Waals surface area contributed by atoms with Gasteiger partial charge in [-0.1, -0.05) is 35.3 Å². The van der Waals surface area contributed by atoms with Crippen molar-refractivity contribution in [3.63, 3.8) is 0 Å². The van der Waals surface area contributed by atoms with Crippen LogP contribution in [0.25, 0.3) is 0 Å². The van der Waals surface area contributed by atoms with E-state index in [1.807, 2.05) is 6.07 Å². The monoisotopic (exact) mass is 397 g/mol. The van der Waals surface area contributed by atoms with E-state index >= 15 is 0 Å². The van der Waals surface area contributed by atoms with E-state index in [9.17, 15) is 13.2 Å². The molecule has 0 unspecified atom stereocenters. The Morgan fingerprint density at radius 3 is 2.56 bits per heavy atom. The Morgan fingerprint density at radius 1 is 1.24 bits per heavy atom. The molecule has 0 radical (unpaired) electrons. The zero-order chi connectivity index (χ0) is 18.6. The van der Waals surface area contributed by atoms with Gasteiger partial charge in [-0.25, -0.2) is 8.42 Å². The number of sulfonamides is 1. The van der Waals surface area contributed by atoms with E-state index < -0.39 is 22.5 Å². The minimum Gasteiger partial charge on any atom is -0.323 e. The fourth-order valence-corrected chi connectivity index (χ4v) is 3.25. The number of rotatable bonds is 5. The molecule has 0 aliphatic heterocycles. The topological polar surface area (TPSA) is 90.3 Å². The Morgan fingerprint density at radius 2 is 1.92 bits per heavy atom. The second kappa shape index (κ2) is 7.74. The molecule has 0 saturated carbocycles. The van der Waals surface area contributed by atoms with E-state index in [1.165, 1.54) is 24.3 Å². The van der Waals surface area contributed by atoms with Crippen LogP contribution in [0.5, 0.6) is 0 Å². The number of nitrogens with one attached hydrogen (secondary N) is 1. The van der Waals surface area contributed by atoms with Gasteiger partial charge in [0.2, 0.25) is 15.9 Å². The largest absolute Gasteiger partial charge is 0.323 e. The van der Waals surface area contributed by atoms with Crippen LogP contribution in [0.15, 0.2) is 42.5 Å². The molecule has 0 heterocycles. The minimum absolute atomic E-state index is 0.162. The zero-order valence-corrected chi connectivity index (χ0v) is 15.4. The predicted octanol–water partition coefficient (Wildman–Crippen LogP) is 3.27. The summed E-state index contributed by atoms with van der Waals surface area (Å²) in [5, 5.41) is 11.9. The molecule has 0 spiro atoms. The lowest BCUT2D eigenvalue weighted by Gasteiger charge is -2.22. The molecule has 0 aliphatic rings. The number of nitriles is 1. The van der Waals surface area contributed by atoms with E-state index in [2.05, 4.69) is 5.32 Å². The third-order valence-corrected chi connectivity index (χ3v) is 5.14. The number of hydrogen-bond donors (Lipinski definition) is 1. The number of nitrogens with zero attached hydrogens (tertiary/aromatic N) is 2. The summed E-state index contributed by atoms with van der Waals surface area (Å²) in [5.74, 6) is -0.600. The van der Waals surface area contributed by atoms with Gasteiger partial charge in [0.25, 0.3) is 0 Å². The Balaban J connectivity index is 2.27. The number of benzene rings is 2. The van der Waals surface area contributed by atoms with Gasteiger partial charge in [0.1, 0.15) is 6.54 Å². The van der Waals surface area contributed by atoms with E-state index in [4.69, 9.17) is 28.5 Å². The van der Waals surface area contributed by atoms with Crippen LogP contribution in [0.2, 0.25) is 10.0 Å². The quantitative estimate of drug-likeness (QED) is 0.837. The van der Waals surface area contributed by atoms with Crippen molar-refractivity contribution in [2.75, 3.05) is 22.4 Å². The summed E-state index contributed by atoms with van der Waals surface area (Å²) in [4.78, 5) is 12.3. The molecule has 9 heteroatoms. The van der Waals surface area contributed by atoms with Gasteiger partial charge >= 0.3 is 0 Å². The highest BCUT2D eigenvalue weighted by atomic mass is 35.5. The molecule has 130 valence electrons. The Labute approximate surface area is 155 Å². The van der Waals surface area contributed by atoms with E-state index in [0.717, 1.165) is 10.6 Å². The normalized spacial score (nSPS) is 10.8. The summed E-state index contributed by atoms with van der Waals surface area (Å²) < 4.78 is 25.0. The maximum absolute atomic E-state index is 12.3. The number of carbonyl (C=O) groups is 1. The van der Waals surface area contributed by atoms with Gasteiger partial charge in [-0.3, -0.25) is 9.10 Å². The molecule has 25 heavy (non-hydrogen) atoms. The molecule has 2 rings (SSSR count). The first kappa shape index (κ1) is 19.1. The first-order valence-corrected chi connectivity index (χ1v) is 9.54. The molecule has 2 aromatic rings. The number of hydrogen-bond acceptors (Lipinski definition) is 4. The van der Waals surface area contributed by atoms with Crippen LogP contribution < -0.4 is 9.62 Å². The summed E-state index contributed by atoms with van der Waals surface area (Å²) in [7, 11) is -3.74. The molecule has 0 atom stereocenters. The highest BCUT2D eigenvalue weighted by molar-refractivity contribution is 7.92. The third kappa shape index (κ3) is 4.86. The van der Waals surface area contributed by atoms with Crippen LogP contribution in [0.4, 0.5) is 11.4 Å². The minimum atomic E-state index is -3.74. The van der Waals surface area contributed by atoms with Crippen molar-refractivity contribution in [2.24, 2.45) is 0 Å². The summed E-state index contributed by atoms with van der Waals surface area (Å²) >= 11 is 11.9. The Hall–Kier alpha value is -2.27. The molecular formula is C16H13Cl2N3O3S. The summed E-state index contributed by atoms with van der Waals surface area (Å²) in [6, 6.07) is 12.6. The standard InChI is InChI=1S/C16H13Cl2N3O3S/c1-25(23,24)21(12-5-2-4-11(8-12)9-19)10-15(22)20-14-7-3-6-13(17)16(14)18/h2-8H,10H2,1H3,(H,20,22). The molecule has 6 nitrogen and oxygen atoms in total. The van der Waals surface area contributed by atoms with Crippen molar-refractivity contribution in [1.29, 1.82) is 5.26 Å². The first-order valence-electron chi connectivity index (χ1n) is 6.94. The lowest BCUT2D eigenvalue weighted by molar-refractivity contribution is -0.114. The van der Waals surface area contributed by atoms with Crippen molar-refractivity contribution in [2.45, 2.75) is 0 Å². The average Bonchev–Trinajstić information content (AvgIpc) is 2.56. The fraction of sp³-hybridized carbons (Fsp3) is 0.125. The Kier molecular flexibility index (Phi) is 5.90. The highest BCUT2D eigenvalue weighted by Gasteiger charge is 2.21. The van der Waals surface area contributed by atoms with E-state index in [-0.39, 0.29) is 27.0 Å². The molecule has 1 amide bonds.